The van der Waals surface area contributed by atoms with E-state index in [0.717, 1.165) is 24.8 Å². The highest BCUT2D eigenvalue weighted by Gasteiger charge is 2.18. The molecule has 0 fully saturated rings. The Morgan fingerprint density at radius 1 is 1.38 bits per heavy atom. The fraction of sp³-hybridized carbons (Fsp3) is 0.333. The van der Waals surface area contributed by atoms with E-state index in [1.807, 2.05) is 12.1 Å². The van der Waals surface area contributed by atoms with Crippen LogP contribution in [0.3, 0.4) is 0 Å². The van der Waals surface area contributed by atoms with E-state index in [2.05, 4.69) is 32.5 Å². The maximum atomic E-state index is 12.0. The van der Waals surface area contributed by atoms with Crippen molar-refractivity contribution in [1.29, 1.82) is 0 Å². The molecule has 0 aromatic carbocycles. The molecular formula is C15H17N5O. The summed E-state index contributed by atoms with van der Waals surface area (Å²) in [6.45, 7) is 0.504. The number of hydrogen-bond acceptors (Lipinski definition) is 4. The van der Waals surface area contributed by atoms with E-state index in [1.54, 1.807) is 17.2 Å². The molecule has 0 radical (unpaired) electrons. The minimum absolute atomic E-state index is 0.109. The van der Waals surface area contributed by atoms with E-state index in [4.69, 9.17) is 0 Å². The van der Waals surface area contributed by atoms with Crippen molar-refractivity contribution in [3.8, 4) is 5.82 Å². The van der Waals surface area contributed by atoms with Crippen LogP contribution in [0.15, 0.2) is 43.1 Å². The van der Waals surface area contributed by atoms with Crippen molar-refractivity contribution in [2.24, 2.45) is 5.92 Å². The molecule has 2 aromatic rings. The van der Waals surface area contributed by atoms with Crippen molar-refractivity contribution in [2.75, 3.05) is 0 Å². The van der Waals surface area contributed by atoms with Crippen molar-refractivity contribution >= 4 is 5.91 Å². The first-order valence-corrected chi connectivity index (χ1v) is 7.05. The third-order valence-electron chi connectivity index (χ3n) is 3.57. The van der Waals surface area contributed by atoms with Crippen LogP contribution < -0.4 is 5.32 Å². The lowest BCUT2D eigenvalue weighted by molar-refractivity contribution is -0.125. The third kappa shape index (κ3) is 3.34. The molecule has 2 heterocycles. The highest BCUT2D eigenvalue weighted by Crippen LogP contribution is 2.18. The SMILES string of the molecule is O=C(NCc1ccc(-n2cncn2)nc1)[C@@H]1CC=CCC1. The molecule has 0 saturated carbocycles. The van der Waals surface area contributed by atoms with E-state index in [-0.39, 0.29) is 11.8 Å². The minimum atomic E-state index is 0.109. The van der Waals surface area contributed by atoms with Crippen LogP contribution in [0.2, 0.25) is 0 Å². The Labute approximate surface area is 122 Å². The molecule has 0 aliphatic heterocycles. The van der Waals surface area contributed by atoms with Gasteiger partial charge >= 0.3 is 0 Å². The van der Waals surface area contributed by atoms with Crippen LogP contribution in [0.1, 0.15) is 24.8 Å². The maximum Gasteiger partial charge on any atom is 0.223 e. The molecule has 108 valence electrons. The first-order valence-electron chi connectivity index (χ1n) is 7.05. The number of aromatic nitrogens is 4. The van der Waals surface area contributed by atoms with Gasteiger partial charge in [0.2, 0.25) is 5.91 Å². The molecule has 1 N–H and O–H groups in total. The van der Waals surface area contributed by atoms with Gasteiger partial charge < -0.3 is 5.32 Å². The van der Waals surface area contributed by atoms with E-state index in [1.165, 1.54) is 6.33 Å². The predicted octanol–water partition coefficient (Wildman–Crippen LogP) is 1.63. The van der Waals surface area contributed by atoms with E-state index >= 15 is 0 Å². The van der Waals surface area contributed by atoms with Crippen molar-refractivity contribution in [2.45, 2.75) is 25.8 Å². The Morgan fingerprint density at radius 3 is 3.00 bits per heavy atom. The lowest BCUT2D eigenvalue weighted by atomic mass is 9.93. The number of pyridine rings is 1. The monoisotopic (exact) mass is 283 g/mol. The molecular weight excluding hydrogens is 266 g/mol. The Hall–Kier alpha value is -2.50. The third-order valence-corrected chi connectivity index (χ3v) is 3.57. The molecule has 0 bridgehead atoms. The molecule has 6 heteroatoms. The van der Waals surface area contributed by atoms with Crippen LogP contribution in [0.25, 0.3) is 5.82 Å². The topological polar surface area (TPSA) is 72.7 Å². The first kappa shape index (κ1) is 13.5. The van der Waals surface area contributed by atoms with Gasteiger partial charge in [-0.05, 0) is 30.9 Å². The van der Waals surface area contributed by atoms with Crippen molar-refractivity contribution < 1.29 is 4.79 Å². The average molecular weight is 283 g/mol. The summed E-state index contributed by atoms with van der Waals surface area (Å²) in [6, 6.07) is 3.80. The van der Waals surface area contributed by atoms with Crippen LogP contribution in [-0.2, 0) is 11.3 Å². The molecule has 21 heavy (non-hydrogen) atoms. The second-order valence-electron chi connectivity index (χ2n) is 5.06. The summed E-state index contributed by atoms with van der Waals surface area (Å²) in [5.74, 6) is 0.942. The Morgan fingerprint density at radius 2 is 2.33 bits per heavy atom. The molecule has 2 aromatic heterocycles. The summed E-state index contributed by atoms with van der Waals surface area (Å²) in [4.78, 5) is 20.2. The predicted molar refractivity (Wildman–Crippen MR) is 77.5 cm³/mol. The van der Waals surface area contributed by atoms with Crippen LogP contribution in [0.5, 0.6) is 0 Å². The Kier molecular flexibility index (Phi) is 4.04. The van der Waals surface area contributed by atoms with E-state index < -0.39 is 0 Å². The van der Waals surface area contributed by atoms with Crippen molar-refractivity contribution in [3.05, 3.63) is 48.7 Å². The molecule has 0 unspecified atom stereocenters. The molecule has 3 rings (SSSR count). The van der Waals surface area contributed by atoms with E-state index in [9.17, 15) is 4.79 Å². The quantitative estimate of drug-likeness (QED) is 0.866. The lowest BCUT2D eigenvalue weighted by Crippen LogP contribution is -2.30. The molecule has 1 atom stereocenters. The molecule has 1 aliphatic carbocycles. The normalized spacial score (nSPS) is 17.6. The fourth-order valence-electron chi connectivity index (χ4n) is 2.35. The second kappa shape index (κ2) is 6.30. The summed E-state index contributed by atoms with van der Waals surface area (Å²) < 4.78 is 1.59. The molecule has 6 nitrogen and oxygen atoms in total. The fourth-order valence-corrected chi connectivity index (χ4v) is 2.35. The first-order chi connectivity index (χ1) is 10.3. The molecule has 0 spiro atoms. The van der Waals surface area contributed by atoms with Gasteiger partial charge in [0.15, 0.2) is 5.82 Å². The van der Waals surface area contributed by atoms with Gasteiger partial charge in [0.05, 0.1) is 0 Å². The highest BCUT2D eigenvalue weighted by atomic mass is 16.1. The summed E-state index contributed by atoms with van der Waals surface area (Å²) >= 11 is 0. The largest absolute Gasteiger partial charge is 0.352 e. The van der Waals surface area contributed by atoms with Gasteiger partial charge in [-0.3, -0.25) is 4.79 Å². The number of carbonyl (C=O) groups is 1. The molecule has 1 amide bonds. The summed E-state index contributed by atoms with van der Waals surface area (Å²) in [6.07, 6.45) is 11.8. The second-order valence-corrected chi connectivity index (χ2v) is 5.06. The number of nitrogens with one attached hydrogen (secondary N) is 1. The van der Waals surface area contributed by atoms with Gasteiger partial charge in [-0.1, -0.05) is 18.2 Å². The van der Waals surface area contributed by atoms with Gasteiger partial charge in [-0.2, -0.15) is 5.10 Å². The van der Waals surface area contributed by atoms with Crippen LogP contribution >= 0.6 is 0 Å². The number of allylic oxidation sites excluding steroid dienone is 2. The van der Waals surface area contributed by atoms with Crippen LogP contribution in [-0.4, -0.2) is 25.7 Å². The molecule has 0 saturated heterocycles. The van der Waals surface area contributed by atoms with Crippen LogP contribution in [0.4, 0.5) is 0 Å². The summed E-state index contributed by atoms with van der Waals surface area (Å²) in [7, 11) is 0. The van der Waals surface area contributed by atoms with E-state index in [0.29, 0.717) is 12.4 Å². The standard InChI is InChI=1S/C15H17N5O/c21-15(13-4-2-1-3-5-13)18-9-12-6-7-14(17-8-12)20-11-16-10-19-20/h1-2,6-8,10-11,13H,3-5,9H2,(H,18,21)/t13-/m1/s1. The zero-order chi connectivity index (χ0) is 14.5. The maximum absolute atomic E-state index is 12.0. The summed E-state index contributed by atoms with van der Waals surface area (Å²) in [5.41, 5.74) is 0.971. The van der Waals surface area contributed by atoms with Gasteiger partial charge in [0, 0.05) is 18.7 Å². The number of hydrogen-bond donors (Lipinski definition) is 1. The smallest absolute Gasteiger partial charge is 0.223 e. The molecule has 1 aliphatic rings. The van der Waals surface area contributed by atoms with Gasteiger partial charge in [-0.15, -0.1) is 0 Å². The number of carbonyl (C=O) groups excluding carboxylic acids is 1. The van der Waals surface area contributed by atoms with Gasteiger partial charge in [-0.25, -0.2) is 14.6 Å². The number of nitrogens with zero attached hydrogens (tertiary/aromatic N) is 4. The Balaban J connectivity index is 1.56. The minimum Gasteiger partial charge on any atom is -0.352 e. The Bertz CT molecular complexity index is 618. The van der Waals surface area contributed by atoms with Gasteiger partial charge in [0.1, 0.15) is 12.7 Å². The average Bonchev–Trinajstić information content (AvgIpc) is 3.08. The van der Waals surface area contributed by atoms with Crippen LogP contribution in [0, 0.1) is 5.92 Å². The number of amides is 1. The summed E-state index contributed by atoms with van der Waals surface area (Å²) in [5, 5.41) is 6.99. The number of rotatable bonds is 4. The van der Waals surface area contributed by atoms with Crippen molar-refractivity contribution in [1.82, 2.24) is 25.1 Å². The van der Waals surface area contributed by atoms with Gasteiger partial charge in [0.25, 0.3) is 0 Å². The zero-order valence-electron chi connectivity index (χ0n) is 11.6. The lowest BCUT2D eigenvalue weighted by Gasteiger charge is -2.17. The zero-order valence-corrected chi connectivity index (χ0v) is 11.6. The van der Waals surface area contributed by atoms with Crippen molar-refractivity contribution in [3.63, 3.8) is 0 Å². The highest BCUT2D eigenvalue weighted by molar-refractivity contribution is 5.78.